The molecular formula is C10H17N5O. The molecule has 1 fully saturated rings. The second kappa shape index (κ2) is 5.09. The third-order valence-electron chi connectivity index (χ3n) is 2.36. The summed E-state index contributed by atoms with van der Waals surface area (Å²) < 4.78 is 5.28. The van der Waals surface area contributed by atoms with E-state index in [1.807, 2.05) is 20.0 Å². The number of hydrazine groups is 1. The van der Waals surface area contributed by atoms with Gasteiger partial charge in [0.15, 0.2) is 0 Å². The number of nitrogens with zero attached hydrogens (tertiary/aromatic N) is 3. The number of morpholine rings is 1. The maximum absolute atomic E-state index is 5.28. The number of aromatic nitrogens is 2. The van der Waals surface area contributed by atoms with Crippen molar-refractivity contribution in [2.75, 3.05) is 44.1 Å². The van der Waals surface area contributed by atoms with E-state index in [1.54, 1.807) is 0 Å². The zero-order valence-corrected chi connectivity index (χ0v) is 9.66. The fraction of sp³-hybridized carbons (Fsp3) is 0.600. The van der Waals surface area contributed by atoms with Gasteiger partial charge in [0.2, 0.25) is 5.95 Å². The summed E-state index contributed by atoms with van der Waals surface area (Å²) in [6.07, 6.45) is 0. The largest absolute Gasteiger partial charge is 0.379 e. The third-order valence-corrected chi connectivity index (χ3v) is 2.36. The van der Waals surface area contributed by atoms with Gasteiger partial charge in [0.1, 0.15) is 5.82 Å². The van der Waals surface area contributed by atoms with Gasteiger partial charge in [-0.15, -0.1) is 0 Å². The standard InChI is InChI=1S/C10H17N5O/c1-8-7-9(13-10(11-2)12-8)14-15-3-5-16-6-4-15/h7H,3-6H2,1-2H3,(H2,11,12,13,14). The fourth-order valence-electron chi connectivity index (χ4n) is 1.57. The van der Waals surface area contributed by atoms with E-state index in [2.05, 4.69) is 25.7 Å². The number of aryl methyl sites for hydroxylation is 1. The summed E-state index contributed by atoms with van der Waals surface area (Å²) in [5.41, 5.74) is 4.20. The Hall–Kier alpha value is -1.40. The summed E-state index contributed by atoms with van der Waals surface area (Å²) >= 11 is 0. The summed E-state index contributed by atoms with van der Waals surface area (Å²) in [5.74, 6) is 1.45. The molecule has 1 aromatic heterocycles. The number of rotatable bonds is 3. The molecule has 1 aliphatic heterocycles. The Morgan fingerprint density at radius 2 is 2.06 bits per heavy atom. The Labute approximate surface area is 95.0 Å². The molecule has 0 atom stereocenters. The highest BCUT2D eigenvalue weighted by atomic mass is 16.5. The minimum Gasteiger partial charge on any atom is -0.379 e. The van der Waals surface area contributed by atoms with Gasteiger partial charge in [-0.05, 0) is 6.92 Å². The highest BCUT2D eigenvalue weighted by Gasteiger charge is 2.11. The molecule has 0 bridgehead atoms. The molecule has 0 radical (unpaired) electrons. The predicted molar refractivity (Wildman–Crippen MR) is 62.3 cm³/mol. The first-order valence-electron chi connectivity index (χ1n) is 5.41. The number of anilines is 2. The second-order valence-electron chi connectivity index (χ2n) is 3.68. The summed E-state index contributed by atoms with van der Waals surface area (Å²) in [6, 6.07) is 1.93. The lowest BCUT2D eigenvalue weighted by atomic mass is 10.4. The first-order valence-corrected chi connectivity index (χ1v) is 5.41. The monoisotopic (exact) mass is 223 g/mol. The van der Waals surface area contributed by atoms with Crippen molar-refractivity contribution in [3.8, 4) is 0 Å². The SMILES string of the molecule is CNc1nc(C)cc(NN2CCOCC2)n1. The van der Waals surface area contributed by atoms with Crippen molar-refractivity contribution in [2.45, 2.75) is 6.92 Å². The minimum atomic E-state index is 0.635. The van der Waals surface area contributed by atoms with Gasteiger partial charge in [-0.2, -0.15) is 4.98 Å². The molecule has 2 heterocycles. The van der Waals surface area contributed by atoms with Crippen LogP contribution in [0.2, 0.25) is 0 Å². The number of nitrogens with one attached hydrogen (secondary N) is 2. The van der Waals surface area contributed by atoms with Crippen LogP contribution >= 0.6 is 0 Å². The fourth-order valence-corrected chi connectivity index (χ4v) is 1.57. The van der Waals surface area contributed by atoms with Crippen molar-refractivity contribution in [3.63, 3.8) is 0 Å². The quantitative estimate of drug-likeness (QED) is 0.777. The van der Waals surface area contributed by atoms with Crippen LogP contribution in [-0.2, 0) is 4.74 Å². The van der Waals surface area contributed by atoms with E-state index in [4.69, 9.17) is 4.74 Å². The molecule has 2 rings (SSSR count). The lowest BCUT2D eigenvalue weighted by Crippen LogP contribution is -2.40. The molecule has 1 aliphatic rings. The van der Waals surface area contributed by atoms with Crippen LogP contribution in [0.25, 0.3) is 0 Å². The van der Waals surface area contributed by atoms with Gasteiger partial charge < -0.3 is 15.5 Å². The molecule has 0 saturated carbocycles. The topological polar surface area (TPSA) is 62.3 Å². The first-order chi connectivity index (χ1) is 7.78. The Balaban J connectivity index is 2.04. The van der Waals surface area contributed by atoms with Crippen LogP contribution in [-0.4, -0.2) is 48.3 Å². The van der Waals surface area contributed by atoms with Crippen molar-refractivity contribution in [2.24, 2.45) is 0 Å². The lowest BCUT2D eigenvalue weighted by Gasteiger charge is -2.27. The van der Waals surface area contributed by atoms with Gasteiger partial charge in [0.05, 0.1) is 13.2 Å². The van der Waals surface area contributed by atoms with Gasteiger partial charge in [-0.1, -0.05) is 0 Å². The van der Waals surface area contributed by atoms with Gasteiger partial charge in [0, 0.05) is 31.9 Å². The molecule has 1 aromatic rings. The van der Waals surface area contributed by atoms with E-state index in [0.717, 1.165) is 37.8 Å². The lowest BCUT2D eigenvalue weighted by molar-refractivity contribution is 0.0495. The van der Waals surface area contributed by atoms with E-state index in [9.17, 15) is 0 Å². The smallest absolute Gasteiger partial charge is 0.224 e. The molecule has 6 heteroatoms. The van der Waals surface area contributed by atoms with E-state index in [-0.39, 0.29) is 0 Å². The maximum Gasteiger partial charge on any atom is 0.224 e. The molecule has 0 amide bonds. The Kier molecular flexibility index (Phi) is 3.53. The van der Waals surface area contributed by atoms with E-state index >= 15 is 0 Å². The maximum atomic E-state index is 5.28. The first kappa shape index (κ1) is 11.1. The van der Waals surface area contributed by atoms with Crippen molar-refractivity contribution < 1.29 is 4.74 Å². The van der Waals surface area contributed by atoms with E-state index in [0.29, 0.717) is 5.95 Å². The second-order valence-corrected chi connectivity index (χ2v) is 3.68. The molecule has 0 spiro atoms. The Morgan fingerprint density at radius 3 is 2.75 bits per heavy atom. The van der Waals surface area contributed by atoms with Crippen LogP contribution in [0.15, 0.2) is 6.07 Å². The molecule has 2 N–H and O–H groups in total. The number of hydrogen-bond donors (Lipinski definition) is 2. The number of hydrogen-bond acceptors (Lipinski definition) is 6. The van der Waals surface area contributed by atoms with Gasteiger partial charge in [0.25, 0.3) is 0 Å². The normalized spacial score (nSPS) is 17.1. The van der Waals surface area contributed by atoms with Crippen molar-refractivity contribution in [1.82, 2.24) is 15.0 Å². The molecule has 16 heavy (non-hydrogen) atoms. The van der Waals surface area contributed by atoms with Crippen molar-refractivity contribution >= 4 is 11.8 Å². The van der Waals surface area contributed by atoms with Crippen LogP contribution in [0.1, 0.15) is 5.69 Å². The van der Waals surface area contributed by atoms with Crippen LogP contribution < -0.4 is 10.7 Å². The van der Waals surface area contributed by atoms with E-state index < -0.39 is 0 Å². The molecule has 6 nitrogen and oxygen atoms in total. The highest BCUT2D eigenvalue weighted by molar-refractivity contribution is 5.41. The zero-order chi connectivity index (χ0) is 11.4. The molecule has 0 aromatic carbocycles. The number of ether oxygens (including phenoxy) is 1. The molecule has 0 unspecified atom stereocenters. The van der Waals surface area contributed by atoms with Crippen LogP contribution in [0.5, 0.6) is 0 Å². The molecular weight excluding hydrogens is 206 g/mol. The molecule has 1 saturated heterocycles. The Bertz CT molecular complexity index is 351. The van der Waals surface area contributed by atoms with Crippen molar-refractivity contribution in [3.05, 3.63) is 11.8 Å². The molecule has 88 valence electrons. The summed E-state index contributed by atoms with van der Waals surface area (Å²) in [4.78, 5) is 8.57. The average Bonchev–Trinajstić information content (AvgIpc) is 2.29. The van der Waals surface area contributed by atoms with E-state index in [1.165, 1.54) is 0 Å². The Morgan fingerprint density at radius 1 is 1.31 bits per heavy atom. The van der Waals surface area contributed by atoms with Crippen LogP contribution in [0, 0.1) is 6.92 Å². The molecule has 0 aliphatic carbocycles. The summed E-state index contributed by atoms with van der Waals surface area (Å²) in [5, 5.41) is 5.04. The predicted octanol–water partition coefficient (Wildman–Crippen LogP) is 0.486. The van der Waals surface area contributed by atoms with Gasteiger partial charge in [-0.3, -0.25) is 0 Å². The van der Waals surface area contributed by atoms with Gasteiger partial charge in [-0.25, -0.2) is 9.99 Å². The average molecular weight is 223 g/mol. The van der Waals surface area contributed by atoms with Crippen molar-refractivity contribution in [1.29, 1.82) is 0 Å². The highest BCUT2D eigenvalue weighted by Crippen LogP contribution is 2.10. The zero-order valence-electron chi connectivity index (χ0n) is 9.66. The van der Waals surface area contributed by atoms with Crippen LogP contribution in [0.3, 0.4) is 0 Å². The third kappa shape index (κ3) is 2.80. The summed E-state index contributed by atoms with van der Waals surface area (Å²) in [7, 11) is 1.81. The summed E-state index contributed by atoms with van der Waals surface area (Å²) in [6.45, 7) is 5.22. The van der Waals surface area contributed by atoms with Crippen LogP contribution in [0.4, 0.5) is 11.8 Å². The van der Waals surface area contributed by atoms with Gasteiger partial charge >= 0.3 is 0 Å². The minimum absolute atomic E-state index is 0.635.